The molecule has 2 aromatic rings. The number of nitrogens with two attached hydrogens (primary N) is 1. The van der Waals surface area contributed by atoms with E-state index < -0.39 is 0 Å². The Labute approximate surface area is 125 Å². The second-order valence-corrected chi connectivity index (χ2v) is 5.23. The molecule has 0 aliphatic rings. The summed E-state index contributed by atoms with van der Waals surface area (Å²) < 4.78 is 7.77. The Bertz CT molecular complexity index is 633. The quantitative estimate of drug-likeness (QED) is 0.633. The van der Waals surface area contributed by atoms with E-state index in [0.717, 1.165) is 23.4 Å². The predicted octanol–water partition coefficient (Wildman–Crippen LogP) is 3.03. The number of benzene rings is 1. The molecule has 21 heavy (non-hydrogen) atoms. The minimum atomic E-state index is 0.0425. The van der Waals surface area contributed by atoms with Gasteiger partial charge in [0.2, 0.25) is 0 Å². The number of hydrogen-bond acceptors (Lipinski definition) is 3. The molecule has 0 amide bonds. The number of aromatic nitrogens is 2. The van der Waals surface area contributed by atoms with Gasteiger partial charge in [-0.15, -0.1) is 0 Å². The highest BCUT2D eigenvalue weighted by atomic mass is 16.5. The number of nitrogens with one attached hydrogen (secondary N) is 1. The third-order valence-electron chi connectivity index (χ3n) is 3.58. The second kappa shape index (κ2) is 6.43. The lowest BCUT2D eigenvalue weighted by molar-refractivity contribution is 0.296. The number of amidine groups is 1. The average molecular weight is 286 g/mol. The first-order chi connectivity index (χ1) is 10.0. The molecular weight excluding hydrogens is 264 g/mol. The van der Waals surface area contributed by atoms with Gasteiger partial charge in [-0.1, -0.05) is 19.1 Å². The molecule has 2 rings (SSSR count). The van der Waals surface area contributed by atoms with Crippen molar-refractivity contribution in [3.8, 4) is 5.75 Å². The van der Waals surface area contributed by atoms with Crippen LogP contribution in [-0.4, -0.2) is 15.6 Å². The molecule has 0 radical (unpaired) electrons. The van der Waals surface area contributed by atoms with Crippen LogP contribution in [0.2, 0.25) is 0 Å². The summed E-state index contributed by atoms with van der Waals surface area (Å²) in [6, 6.07) is 7.88. The van der Waals surface area contributed by atoms with E-state index in [1.54, 1.807) is 6.07 Å². The lowest BCUT2D eigenvalue weighted by Gasteiger charge is -2.10. The van der Waals surface area contributed by atoms with E-state index in [1.165, 1.54) is 0 Å². The second-order valence-electron chi connectivity index (χ2n) is 5.23. The summed E-state index contributed by atoms with van der Waals surface area (Å²) in [7, 11) is 0. The van der Waals surface area contributed by atoms with Crippen LogP contribution < -0.4 is 10.5 Å². The van der Waals surface area contributed by atoms with Gasteiger partial charge < -0.3 is 10.5 Å². The fraction of sp³-hybridized carbons (Fsp3) is 0.375. The molecule has 0 saturated carbocycles. The summed E-state index contributed by atoms with van der Waals surface area (Å²) in [5, 5.41) is 12.0. The van der Waals surface area contributed by atoms with Crippen molar-refractivity contribution in [1.82, 2.24) is 9.78 Å². The molecule has 0 spiro atoms. The highest BCUT2D eigenvalue weighted by Crippen LogP contribution is 2.20. The number of nitrogen functional groups attached to an aromatic ring is 1. The monoisotopic (exact) mass is 286 g/mol. The van der Waals surface area contributed by atoms with Gasteiger partial charge in [-0.3, -0.25) is 10.1 Å². The molecule has 112 valence electrons. The zero-order valence-corrected chi connectivity index (χ0v) is 12.8. The highest BCUT2D eigenvalue weighted by molar-refractivity contribution is 5.95. The molecule has 1 aromatic heterocycles. The summed E-state index contributed by atoms with van der Waals surface area (Å²) in [6.45, 7) is 6.65. The van der Waals surface area contributed by atoms with Crippen molar-refractivity contribution in [2.24, 2.45) is 5.73 Å². The first-order valence-corrected chi connectivity index (χ1v) is 7.13. The third-order valence-corrected chi connectivity index (χ3v) is 3.58. The summed E-state index contributed by atoms with van der Waals surface area (Å²) in [5.41, 5.74) is 8.08. The maximum absolute atomic E-state index is 7.48. The largest absolute Gasteiger partial charge is 0.487 e. The first-order valence-electron chi connectivity index (χ1n) is 7.13. The van der Waals surface area contributed by atoms with Crippen molar-refractivity contribution in [1.29, 1.82) is 5.41 Å². The summed E-state index contributed by atoms with van der Waals surface area (Å²) in [4.78, 5) is 0. The van der Waals surface area contributed by atoms with Gasteiger partial charge in [0.15, 0.2) is 0 Å². The van der Waals surface area contributed by atoms with E-state index >= 15 is 0 Å². The lowest BCUT2D eigenvalue weighted by atomic mass is 10.1. The topological polar surface area (TPSA) is 76.9 Å². The van der Waals surface area contributed by atoms with Crippen LogP contribution in [-0.2, 0) is 6.61 Å². The predicted molar refractivity (Wildman–Crippen MR) is 83.8 cm³/mol. The Morgan fingerprint density at radius 2 is 2.19 bits per heavy atom. The van der Waals surface area contributed by atoms with Crippen molar-refractivity contribution in [2.75, 3.05) is 0 Å². The molecule has 0 bridgehead atoms. The van der Waals surface area contributed by atoms with Gasteiger partial charge in [-0.05, 0) is 38.0 Å². The van der Waals surface area contributed by atoms with Crippen molar-refractivity contribution >= 4 is 5.84 Å². The molecule has 5 heteroatoms. The van der Waals surface area contributed by atoms with E-state index in [1.807, 2.05) is 36.0 Å². The first kappa shape index (κ1) is 15.1. The Morgan fingerprint density at radius 1 is 1.43 bits per heavy atom. The fourth-order valence-electron chi connectivity index (χ4n) is 1.96. The van der Waals surface area contributed by atoms with Crippen LogP contribution in [0.3, 0.4) is 0 Å². The molecule has 0 aliphatic heterocycles. The normalized spacial score (nSPS) is 12.1. The van der Waals surface area contributed by atoms with Gasteiger partial charge in [0.05, 0.1) is 5.69 Å². The number of aryl methyl sites for hydroxylation is 1. The minimum absolute atomic E-state index is 0.0425. The summed E-state index contributed by atoms with van der Waals surface area (Å²) in [6.07, 6.45) is 3.02. The van der Waals surface area contributed by atoms with E-state index in [2.05, 4.69) is 18.9 Å². The van der Waals surface area contributed by atoms with E-state index in [-0.39, 0.29) is 5.84 Å². The smallest absolute Gasteiger partial charge is 0.132 e. The number of hydrogen-bond donors (Lipinski definition) is 2. The molecule has 1 atom stereocenters. The fourth-order valence-corrected chi connectivity index (χ4v) is 1.96. The van der Waals surface area contributed by atoms with Crippen LogP contribution in [0.25, 0.3) is 0 Å². The van der Waals surface area contributed by atoms with Crippen LogP contribution in [0.5, 0.6) is 5.75 Å². The molecule has 0 fully saturated rings. The number of nitrogens with zero attached hydrogens (tertiary/aromatic N) is 2. The van der Waals surface area contributed by atoms with E-state index in [4.69, 9.17) is 15.9 Å². The zero-order valence-electron chi connectivity index (χ0n) is 12.8. The van der Waals surface area contributed by atoms with Gasteiger partial charge in [0.25, 0.3) is 0 Å². The molecule has 0 aliphatic carbocycles. The van der Waals surface area contributed by atoms with Crippen molar-refractivity contribution < 1.29 is 4.74 Å². The molecular formula is C16H22N4O. The lowest BCUT2D eigenvalue weighted by Crippen LogP contribution is -2.11. The van der Waals surface area contributed by atoms with Crippen molar-refractivity contribution in [2.45, 2.75) is 39.8 Å². The van der Waals surface area contributed by atoms with Crippen LogP contribution in [0, 0.1) is 12.3 Å². The average Bonchev–Trinajstić information content (AvgIpc) is 2.94. The van der Waals surface area contributed by atoms with Crippen LogP contribution >= 0.6 is 0 Å². The van der Waals surface area contributed by atoms with Gasteiger partial charge in [-0.25, -0.2) is 0 Å². The molecule has 1 heterocycles. The molecule has 1 aromatic carbocycles. The Balaban J connectivity index is 2.07. The summed E-state index contributed by atoms with van der Waals surface area (Å²) >= 11 is 0. The standard InChI is InChI=1S/C16H22N4O/c1-4-12(3)20-8-7-14(19-20)10-21-15-9-13(16(17)18)6-5-11(15)2/h5-9,12H,4,10H2,1-3H3,(H3,17,18). The van der Waals surface area contributed by atoms with Crippen molar-refractivity contribution in [3.63, 3.8) is 0 Å². The van der Waals surface area contributed by atoms with Crippen LogP contribution in [0.1, 0.15) is 43.1 Å². The maximum atomic E-state index is 7.48. The molecule has 3 N–H and O–H groups in total. The molecule has 0 saturated heterocycles. The van der Waals surface area contributed by atoms with Gasteiger partial charge in [0.1, 0.15) is 18.2 Å². The maximum Gasteiger partial charge on any atom is 0.132 e. The van der Waals surface area contributed by atoms with Crippen LogP contribution in [0.15, 0.2) is 30.5 Å². The highest BCUT2D eigenvalue weighted by Gasteiger charge is 2.07. The van der Waals surface area contributed by atoms with E-state index in [9.17, 15) is 0 Å². The van der Waals surface area contributed by atoms with Gasteiger partial charge >= 0.3 is 0 Å². The molecule has 5 nitrogen and oxygen atoms in total. The van der Waals surface area contributed by atoms with Gasteiger partial charge in [0, 0.05) is 17.8 Å². The molecule has 1 unspecified atom stereocenters. The van der Waals surface area contributed by atoms with Crippen LogP contribution in [0.4, 0.5) is 0 Å². The Morgan fingerprint density at radius 3 is 2.86 bits per heavy atom. The van der Waals surface area contributed by atoms with Gasteiger partial charge in [-0.2, -0.15) is 5.10 Å². The number of ether oxygens (including phenoxy) is 1. The summed E-state index contributed by atoms with van der Waals surface area (Å²) in [5.74, 6) is 0.779. The van der Waals surface area contributed by atoms with E-state index in [0.29, 0.717) is 18.2 Å². The minimum Gasteiger partial charge on any atom is -0.487 e. The third kappa shape index (κ3) is 3.62. The Hall–Kier alpha value is -2.30. The SMILES string of the molecule is CCC(C)n1ccc(COc2cc(C(=N)N)ccc2C)n1. The Kier molecular flexibility index (Phi) is 4.62. The number of rotatable bonds is 6. The zero-order chi connectivity index (χ0) is 15.4. The van der Waals surface area contributed by atoms with Crippen molar-refractivity contribution in [3.05, 3.63) is 47.3 Å².